The third kappa shape index (κ3) is 4.57. The van der Waals surface area contributed by atoms with Crippen LogP contribution in [0.1, 0.15) is 23.7 Å². The van der Waals surface area contributed by atoms with Gasteiger partial charge in [0.05, 0.1) is 11.3 Å². The van der Waals surface area contributed by atoms with E-state index in [9.17, 15) is 9.59 Å². The third-order valence-electron chi connectivity index (χ3n) is 5.10. The summed E-state index contributed by atoms with van der Waals surface area (Å²) < 4.78 is 5.33. The van der Waals surface area contributed by atoms with Crippen molar-refractivity contribution < 1.29 is 14.3 Å². The molecule has 0 N–H and O–H groups in total. The number of carbonyl (C=O) groups excluding carboxylic acids is 2. The van der Waals surface area contributed by atoms with Gasteiger partial charge in [-0.25, -0.2) is 4.79 Å². The molecule has 3 aromatic carbocycles. The summed E-state index contributed by atoms with van der Waals surface area (Å²) in [6.45, 7) is 2.51. The fourth-order valence-electron chi connectivity index (χ4n) is 3.46. The molecule has 5 heteroatoms. The van der Waals surface area contributed by atoms with E-state index in [1.165, 1.54) is 0 Å². The molecular formula is C25H23NO3S. The molecule has 0 aliphatic carbocycles. The Morgan fingerprint density at radius 3 is 2.37 bits per heavy atom. The molecule has 4 rings (SSSR count). The van der Waals surface area contributed by atoms with Crippen LogP contribution in [0.15, 0.2) is 83.8 Å². The van der Waals surface area contributed by atoms with Gasteiger partial charge in [0.2, 0.25) is 0 Å². The quantitative estimate of drug-likeness (QED) is 0.531. The van der Waals surface area contributed by atoms with E-state index >= 15 is 0 Å². The van der Waals surface area contributed by atoms with Gasteiger partial charge in [-0.3, -0.25) is 4.79 Å². The summed E-state index contributed by atoms with van der Waals surface area (Å²) in [7, 11) is 0. The van der Waals surface area contributed by atoms with Crippen LogP contribution in [-0.2, 0) is 9.53 Å². The van der Waals surface area contributed by atoms with Crippen LogP contribution >= 0.6 is 11.8 Å². The molecule has 4 nitrogen and oxygen atoms in total. The second-order valence-electron chi connectivity index (χ2n) is 7.25. The zero-order valence-corrected chi connectivity index (χ0v) is 17.6. The number of nitrogens with zero attached hydrogens (tertiary/aromatic N) is 1. The van der Waals surface area contributed by atoms with Crippen molar-refractivity contribution in [3.05, 3.63) is 84.4 Å². The van der Waals surface area contributed by atoms with Gasteiger partial charge in [0.1, 0.15) is 0 Å². The highest BCUT2D eigenvalue weighted by Gasteiger charge is 2.25. The van der Waals surface area contributed by atoms with Gasteiger partial charge in [-0.15, -0.1) is 11.8 Å². The van der Waals surface area contributed by atoms with E-state index in [0.29, 0.717) is 17.4 Å². The van der Waals surface area contributed by atoms with Crippen molar-refractivity contribution in [1.82, 2.24) is 0 Å². The molecule has 1 atom stereocenters. The number of esters is 1. The maximum atomic E-state index is 12.8. The average Bonchev–Trinajstić information content (AvgIpc) is 2.96. The van der Waals surface area contributed by atoms with E-state index in [0.717, 1.165) is 28.1 Å². The van der Waals surface area contributed by atoms with E-state index < -0.39 is 5.97 Å². The highest BCUT2D eigenvalue weighted by atomic mass is 32.2. The predicted octanol–water partition coefficient (Wildman–Crippen LogP) is 5.43. The largest absolute Gasteiger partial charge is 0.452 e. The number of rotatable bonds is 4. The molecule has 30 heavy (non-hydrogen) atoms. The predicted molar refractivity (Wildman–Crippen MR) is 121 cm³/mol. The van der Waals surface area contributed by atoms with Gasteiger partial charge in [-0.2, -0.15) is 0 Å². The van der Waals surface area contributed by atoms with Gasteiger partial charge in [0.25, 0.3) is 5.91 Å². The average molecular weight is 418 g/mol. The molecule has 0 spiro atoms. The van der Waals surface area contributed by atoms with Gasteiger partial charge < -0.3 is 9.64 Å². The Morgan fingerprint density at radius 2 is 1.60 bits per heavy atom. The fraction of sp³-hybridized carbons (Fsp3) is 0.200. The monoisotopic (exact) mass is 417 g/mol. The maximum absolute atomic E-state index is 12.8. The van der Waals surface area contributed by atoms with Gasteiger partial charge >= 0.3 is 5.97 Å². The number of para-hydroxylation sites is 1. The van der Waals surface area contributed by atoms with Crippen LogP contribution in [0.3, 0.4) is 0 Å². The maximum Gasteiger partial charge on any atom is 0.338 e. The minimum absolute atomic E-state index is 0.202. The lowest BCUT2D eigenvalue weighted by atomic mass is 10.0. The fourth-order valence-corrected chi connectivity index (χ4v) is 4.58. The van der Waals surface area contributed by atoms with Gasteiger partial charge in [-0.05, 0) is 41.8 Å². The molecule has 0 unspecified atom stereocenters. The Balaban J connectivity index is 1.41. The summed E-state index contributed by atoms with van der Waals surface area (Å²) in [6, 6.07) is 25.1. The van der Waals surface area contributed by atoms with Crippen LogP contribution in [0.5, 0.6) is 0 Å². The Bertz CT molecular complexity index is 1030. The first-order chi connectivity index (χ1) is 14.6. The molecule has 3 aromatic rings. The van der Waals surface area contributed by atoms with Crippen molar-refractivity contribution in [2.45, 2.75) is 23.5 Å². The molecule has 1 aliphatic rings. The van der Waals surface area contributed by atoms with Gasteiger partial charge in [-0.1, -0.05) is 61.5 Å². The first-order valence-electron chi connectivity index (χ1n) is 10.0. The van der Waals surface area contributed by atoms with Crippen molar-refractivity contribution in [1.29, 1.82) is 0 Å². The first kappa shape index (κ1) is 20.2. The summed E-state index contributed by atoms with van der Waals surface area (Å²) in [5.41, 5.74) is 3.43. The molecule has 152 valence electrons. The van der Waals surface area contributed by atoms with Crippen molar-refractivity contribution in [3.8, 4) is 11.1 Å². The van der Waals surface area contributed by atoms with Crippen molar-refractivity contribution in [3.63, 3.8) is 0 Å². The summed E-state index contributed by atoms with van der Waals surface area (Å²) in [4.78, 5) is 28.1. The molecule has 0 saturated heterocycles. The van der Waals surface area contributed by atoms with Crippen LogP contribution in [-0.4, -0.2) is 30.3 Å². The smallest absolute Gasteiger partial charge is 0.338 e. The minimum atomic E-state index is -0.492. The summed E-state index contributed by atoms with van der Waals surface area (Å²) in [5.74, 6) is -0.694. The van der Waals surface area contributed by atoms with E-state index in [4.69, 9.17) is 4.74 Å². The normalized spacial score (nSPS) is 15.8. The second-order valence-corrected chi connectivity index (χ2v) is 8.73. The molecule has 1 amide bonds. The SMILES string of the molecule is C[C@@H]1CCN(C(=O)COC(=O)c2ccc(-c3ccccc3)cc2)c2ccccc2S1. The van der Waals surface area contributed by atoms with Crippen LogP contribution in [0.4, 0.5) is 5.69 Å². The van der Waals surface area contributed by atoms with Crippen LogP contribution in [0.2, 0.25) is 0 Å². The number of benzene rings is 3. The third-order valence-corrected chi connectivity index (χ3v) is 6.34. The molecule has 0 bridgehead atoms. The highest BCUT2D eigenvalue weighted by Crippen LogP contribution is 2.37. The lowest BCUT2D eigenvalue weighted by molar-refractivity contribution is -0.121. The zero-order chi connectivity index (χ0) is 20.9. The number of thioether (sulfide) groups is 1. The number of carbonyl (C=O) groups is 2. The Kier molecular flexibility index (Phi) is 6.19. The van der Waals surface area contributed by atoms with E-state index in [1.807, 2.05) is 66.7 Å². The second kappa shape index (κ2) is 9.18. The van der Waals surface area contributed by atoms with Crippen LogP contribution in [0.25, 0.3) is 11.1 Å². The van der Waals surface area contributed by atoms with E-state index in [1.54, 1.807) is 28.8 Å². The highest BCUT2D eigenvalue weighted by molar-refractivity contribution is 8.00. The van der Waals surface area contributed by atoms with E-state index in [-0.39, 0.29) is 12.5 Å². The standard InChI is InChI=1S/C25H23NO3S/c1-18-15-16-26(22-9-5-6-10-23(22)30-18)24(27)17-29-25(28)21-13-11-20(12-14-21)19-7-3-2-4-8-19/h2-14,18H,15-17H2,1H3/t18-/m1/s1. The number of ether oxygens (including phenoxy) is 1. The van der Waals surface area contributed by atoms with E-state index in [2.05, 4.69) is 6.92 Å². The number of fused-ring (bicyclic) bond motifs is 1. The number of hydrogen-bond donors (Lipinski definition) is 0. The molecular weight excluding hydrogens is 394 g/mol. The minimum Gasteiger partial charge on any atom is -0.452 e. The lowest BCUT2D eigenvalue weighted by Crippen LogP contribution is -2.35. The lowest BCUT2D eigenvalue weighted by Gasteiger charge is -2.22. The van der Waals surface area contributed by atoms with Gasteiger partial charge in [0.15, 0.2) is 6.61 Å². The number of anilines is 1. The summed E-state index contributed by atoms with van der Waals surface area (Å²) >= 11 is 1.77. The van der Waals surface area contributed by atoms with Crippen molar-refractivity contribution in [2.75, 3.05) is 18.1 Å². The molecule has 0 fully saturated rings. The first-order valence-corrected chi connectivity index (χ1v) is 10.9. The topological polar surface area (TPSA) is 46.6 Å². The van der Waals surface area contributed by atoms with Crippen molar-refractivity contribution in [2.24, 2.45) is 0 Å². The Morgan fingerprint density at radius 1 is 0.933 bits per heavy atom. The van der Waals surface area contributed by atoms with Crippen LogP contribution in [0, 0.1) is 0 Å². The number of amides is 1. The summed E-state index contributed by atoms with van der Waals surface area (Å²) in [6.07, 6.45) is 0.889. The Labute approximate surface area is 180 Å². The van der Waals surface area contributed by atoms with Gasteiger partial charge in [0, 0.05) is 16.7 Å². The van der Waals surface area contributed by atoms with Crippen LogP contribution < -0.4 is 4.90 Å². The molecule has 1 aliphatic heterocycles. The molecule has 0 radical (unpaired) electrons. The molecule has 0 aromatic heterocycles. The summed E-state index contributed by atoms with van der Waals surface area (Å²) in [5, 5.41) is 0.426. The molecule has 0 saturated carbocycles. The molecule has 1 heterocycles. The Hall–Kier alpha value is -3.05. The zero-order valence-electron chi connectivity index (χ0n) is 16.8. The number of hydrogen-bond acceptors (Lipinski definition) is 4. The van der Waals surface area contributed by atoms with Crippen molar-refractivity contribution >= 4 is 29.3 Å².